The van der Waals surface area contributed by atoms with E-state index in [1.807, 2.05) is 41.3 Å². The van der Waals surface area contributed by atoms with Crippen molar-refractivity contribution in [2.75, 3.05) is 18.1 Å². The molecule has 1 amide bonds. The molecule has 0 radical (unpaired) electrons. The molecule has 0 bridgehead atoms. The van der Waals surface area contributed by atoms with Crippen LogP contribution in [0.25, 0.3) is 0 Å². The van der Waals surface area contributed by atoms with E-state index in [9.17, 15) is 4.79 Å². The molecule has 20 heavy (non-hydrogen) atoms. The summed E-state index contributed by atoms with van der Waals surface area (Å²) in [6.45, 7) is 1.71. The van der Waals surface area contributed by atoms with Gasteiger partial charge in [-0.05, 0) is 18.2 Å². The van der Waals surface area contributed by atoms with Crippen molar-refractivity contribution in [2.24, 2.45) is 0 Å². The van der Waals surface area contributed by atoms with Crippen LogP contribution in [0.3, 0.4) is 0 Å². The molecule has 0 atom stereocenters. The number of hydrogen-bond acceptors (Lipinski definition) is 3. The monoisotopic (exact) mass is 307 g/mol. The summed E-state index contributed by atoms with van der Waals surface area (Å²) in [5.74, 6) is 0.0847. The number of hydrogen-bond donors (Lipinski definition) is 0. The zero-order valence-corrected chi connectivity index (χ0v) is 12.4. The van der Waals surface area contributed by atoms with Gasteiger partial charge in [-0.2, -0.15) is 0 Å². The zero-order chi connectivity index (χ0) is 13.9. The molecule has 3 rings (SSSR count). The molecule has 0 unspecified atom stereocenters. The lowest BCUT2D eigenvalue weighted by Crippen LogP contribution is -2.34. The van der Waals surface area contributed by atoms with E-state index in [0.717, 1.165) is 16.1 Å². The number of anilines is 1. The molecule has 104 valence electrons. The molecule has 0 saturated carbocycles. The lowest BCUT2D eigenvalue weighted by molar-refractivity contribution is -0.118. The first-order valence-electron chi connectivity index (χ1n) is 6.44. The van der Waals surface area contributed by atoms with Crippen molar-refractivity contribution in [1.82, 2.24) is 0 Å². The van der Waals surface area contributed by atoms with Gasteiger partial charge < -0.3 is 9.64 Å². The molecule has 0 saturated heterocycles. The fraction of sp³-hybridized carbons (Fsp3) is 0.267. The van der Waals surface area contributed by atoms with Crippen LogP contribution in [-0.2, 0) is 22.6 Å². The smallest absolute Gasteiger partial charge is 0.232 e. The van der Waals surface area contributed by atoms with Crippen molar-refractivity contribution in [3.63, 3.8) is 0 Å². The molecule has 1 aliphatic heterocycles. The lowest BCUT2D eigenvalue weighted by Gasteiger charge is -2.21. The Balaban J connectivity index is 1.83. The summed E-state index contributed by atoms with van der Waals surface area (Å²) in [4.78, 5) is 15.3. The van der Waals surface area contributed by atoms with Gasteiger partial charge in [0.05, 0.1) is 24.0 Å². The largest absolute Gasteiger partial charge is 0.375 e. The van der Waals surface area contributed by atoms with E-state index in [4.69, 9.17) is 16.3 Å². The number of fused-ring (bicyclic) bond motifs is 1. The first-order chi connectivity index (χ1) is 9.74. The molecule has 3 nitrogen and oxygen atoms in total. The first kappa shape index (κ1) is 13.6. The topological polar surface area (TPSA) is 29.5 Å². The number of rotatable bonds is 2. The summed E-state index contributed by atoms with van der Waals surface area (Å²) in [5, 5.41) is 0. The van der Waals surface area contributed by atoms with E-state index in [-0.39, 0.29) is 5.91 Å². The number of halogens is 1. The molecule has 1 aliphatic rings. The summed E-state index contributed by atoms with van der Waals surface area (Å²) >= 11 is 7.36. The van der Waals surface area contributed by atoms with Gasteiger partial charge in [-0.15, -0.1) is 11.3 Å². The van der Waals surface area contributed by atoms with E-state index in [2.05, 4.69) is 0 Å². The maximum atomic E-state index is 12.5. The Kier molecular flexibility index (Phi) is 4.05. The maximum Gasteiger partial charge on any atom is 0.232 e. The number of para-hydroxylation sites is 1. The molecule has 2 heterocycles. The minimum atomic E-state index is 0.0847. The number of carbonyl (C=O) groups excluding carboxylic acids is 1. The Morgan fingerprint density at radius 2 is 2.15 bits per heavy atom. The predicted octanol–water partition coefficient (Wildman–Crippen LogP) is 3.51. The number of ether oxygens (including phenoxy) is 1. The van der Waals surface area contributed by atoms with Crippen LogP contribution in [0.5, 0.6) is 0 Å². The van der Waals surface area contributed by atoms with Gasteiger partial charge in [0, 0.05) is 22.7 Å². The van der Waals surface area contributed by atoms with E-state index < -0.39 is 0 Å². The molecule has 1 aromatic heterocycles. The minimum Gasteiger partial charge on any atom is -0.375 e. The van der Waals surface area contributed by atoms with Gasteiger partial charge in [-0.3, -0.25) is 4.79 Å². The summed E-state index contributed by atoms with van der Waals surface area (Å²) < 4.78 is 6.26. The van der Waals surface area contributed by atoms with E-state index in [1.54, 1.807) is 0 Å². The number of benzene rings is 1. The van der Waals surface area contributed by atoms with Gasteiger partial charge in [0.1, 0.15) is 0 Å². The highest BCUT2D eigenvalue weighted by molar-refractivity contribution is 7.16. The zero-order valence-electron chi connectivity index (χ0n) is 10.8. The third-order valence-electron chi connectivity index (χ3n) is 3.25. The average molecular weight is 308 g/mol. The quantitative estimate of drug-likeness (QED) is 0.850. The van der Waals surface area contributed by atoms with Gasteiger partial charge in [-0.1, -0.05) is 29.8 Å². The molecule has 0 N–H and O–H groups in total. The Hall–Kier alpha value is -1.36. The van der Waals surface area contributed by atoms with Gasteiger partial charge >= 0.3 is 0 Å². The second-order valence-corrected chi connectivity index (χ2v) is 6.41. The number of nitrogens with zero attached hydrogens (tertiary/aromatic N) is 1. The third-order valence-corrected chi connectivity index (χ3v) is 4.49. The maximum absolute atomic E-state index is 12.5. The normalized spacial score (nSPS) is 14.8. The van der Waals surface area contributed by atoms with Gasteiger partial charge in [-0.25, -0.2) is 0 Å². The van der Waals surface area contributed by atoms with Crippen molar-refractivity contribution in [3.8, 4) is 0 Å². The van der Waals surface area contributed by atoms with E-state index >= 15 is 0 Å². The van der Waals surface area contributed by atoms with Crippen LogP contribution in [-0.4, -0.2) is 19.1 Å². The molecule has 0 fully saturated rings. The number of thiophene rings is 1. The first-order valence-corrected chi connectivity index (χ1v) is 7.64. The Labute approximate surface area is 126 Å². The Morgan fingerprint density at radius 3 is 2.95 bits per heavy atom. The second-order valence-electron chi connectivity index (χ2n) is 4.61. The summed E-state index contributed by atoms with van der Waals surface area (Å²) in [5.41, 5.74) is 2.01. The highest BCUT2D eigenvalue weighted by Crippen LogP contribution is 2.26. The third kappa shape index (κ3) is 2.87. The van der Waals surface area contributed by atoms with Gasteiger partial charge in [0.2, 0.25) is 5.91 Å². The number of amides is 1. The van der Waals surface area contributed by atoms with Crippen molar-refractivity contribution in [3.05, 3.63) is 51.2 Å². The molecule has 1 aromatic carbocycles. The molecule has 0 spiro atoms. The van der Waals surface area contributed by atoms with Crippen LogP contribution < -0.4 is 4.90 Å². The summed E-state index contributed by atoms with van der Waals surface area (Å²) in [7, 11) is 0. The molecular formula is C15H14ClNO2S. The van der Waals surface area contributed by atoms with Crippen LogP contribution in [0.2, 0.25) is 4.34 Å². The van der Waals surface area contributed by atoms with Crippen molar-refractivity contribution in [1.29, 1.82) is 0 Å². The fourth-order valence-corrected chi connectivity index (χ4v) is 3.38. The average Bonchev–Trinajstić information content (AvgIpc) is 2.74. The van der Waals surface area contributed by atoms with Crippen LogP contribution in [0.15, 0.2) is 36.4 Å². The van der Waals surface area contributed by atoms with Crippen LogP contribution in [0.1, 0.15) is 10.4 Å². The van der Waals surface area contributed by atoms with Gasteiger partial charge in [0.15, 0.2) is 0 Å². The summed E-state index contributed by atoms with van der Waals surface area (Å²) in [6, 6.07) is 11.6. The van der Waals surface area contributed by atoms with E-state index in [1.165, 1.54) is 11.3 Å². The lowest BCUT2D eigenvalue weighted by atomic mass is 10.1. The molecule has 2 aromatic rings. The number of carbonyl (C=O) groups is 1. The summed E-state index contributed by atoms with van der Waals surface area (Å²) in [6.07, 6.45) is 0.381. The second kappa shape index (κ2) is 5.95. The highest BCUT2D eigenvalue weighted by Gasteiger charge is 2.21. The van der Waals surface area contributed by atoms with Crippen LogP contribution in [0.4, 0.5) is 5.69 Å². The van der Waals surface area contributed by atoms with Gasteiger partial charge in [0.25, 0.3) is 0 Å². The van der Waals surface area contributed by atoms with Crippen molar-refractivity contribution < 1.29 is 9.53 Å². The predicted molar refractivity (Wildman–Crippen MR) is 81.5 cm³/mol. The van der Waals surface area contributed by atoms with Crippen molar-refractivity contribution >= 4 is 34.5 Å². The van der Waals surface area contributed by atoms with Crippen LogP contribution >= 0.6 is 22.9 Å². The minimum absolute atomic E-state index is 0.0847. The standard InChI is InChI=1S/C15H14ClNO2S/c16-14-6-5-12(20-14)9-15(18)17-7-8-19-10-11-3-1-2-4-13(11)17/h1-6H,7-10H2. The Morgan fingerprint density at radius 1 is 1.30 bits per heavy atom. The fourth-order valence-electron chi connectivity index (χ4n) is 2.30. The molecular weight excluding hydrogens is 294 g/mol. The molecule has 5 heteroatoms. The molecule has 0 aliphatic carbocycles. The van der Waals surface area contributed by atoms with Crippen molar-refractivity contribution in [2.45, 2.75) is 13.0 Å². The Bertz CT molecular complexity index is 626. The SMILES string of the molecule is O=C(Cc1ccc(Cl)s1)N1CCOCc2ccccc21. The van der Waals surface area contributed by atoms with Crippen LogP contribution in [0, 0.1) is 0 Å². The highest BCUT2D eigenvalue weighted by atomic mass is 35.5. The van der Waals surface area contributed by atoms with E-state index in [0.29, 0.717) is 30.5 Å².